The molecule has 1 heterocycles. The van der Waals surface area contributed by atoms with E-state index in [0.29, 0.717) is 17.0 Å². The molecule has 0 saturated heterocycles. The number of ether oxygens (including phenoxy) is 1. The van der Waals surface area contributed by atoms with Crippen molar-refractivity contribution in [2.24, 2.45) is 7.05 Å². The summed E-state index contributed by atoms with van der Waals surface area (Å²) in [5.74, 6) is -0.519. The summed E-state index contributed by atoms with van der Waals surface area (Å²) >= 11 is 0. The van der Waals surface area contributed by atoms with Crippen LogP contribution in [0.1, 0.15) is 27.5 Å². The number of rotatable bonds is 4. The fraction of sp³-hybridized carbons (Fsp3) is 0.267. The van der Waals surface area contributed by atoms with Gasteiger partial charge in [0.25, 0.3) is 0 Å². The number of aromatic nitrogens is 2. The Labute approximate surface area is 117 Å². The van der Waals surface area contributed by atoms with E-state index in [1.807, 2.05) is 19.1 Å². The molecular formula is C15H15N3O2. The molecule has 0 bridgehead atoms. The number of benzene rings is 1. The van der Waals surface area contributed by atoms with Crippen molar-refractivity contribution in [2.45, 2.75) is 12.8 Å². The average molecular weight is 269 g/mol. The van der Waals surface area contributed by atoms with E-state index in [1.165, 1.54) is 4.68 Å². The summed E-state index contributed by atoms with van der Waals surface area (Å²) in [7, 11) is 3.29. The number of carbonyl (C=O) groups excluding carboxylic acids is 1. The second-order valence-electron chi connectivity index (χ2n) is 4.53. The summed E-state index contributed by atoms with van der Waals surface area (Å²) in [6, 6.07) is 8.99. The quantitative estimate of drug-likeness (QED) is 0.798. The molecule has 2 rings (SSSR count). The Bertz CT molecular complexity index is 683. The van der Waals surface area contributed by atoms with Gasteiger partial charge in [0.15, 0.2) is 0 Å². The van der Waals surface area contributed by atoms with Crippen LogP contribution in [0.2, 0.25) is 0 Å². The number of aryl methyl sites for hydroxylation is 2. The van der Waals surface area contributed by atoms with Gasteiger partial charge in [-0.2, -0.15) is 10.4 Å². The topological polar surface area (TPSA) is 67.9 Å². The van der Waals surface area contributed by atoms with Gasteiger partial charge >= 0.3 is 0 Å². The summed E-state index contributed by atoms with van der Waals surface area (Å²) in [4.78, 5) is 12.3. The molecule has 1 aromatic heterocycles. The highest BCUT2D eigenvalue weighted by Gasteiger charge is 2.24. The normalized spacial score (nSPS) is 11.7. The third kappa shape index (κ3) is 2.54. The number of methoxy groups -OCH3 is 1. The van der Waals surface area contributed by atoms with Gasteiger partial charge in [0.05, 0.1) is 13.2 Å². The van der Waals surface area contributed by atoms with Gasteiger partial charge in [-0.25, -0.2) is 0 Å². The van der Waals surface area contributed by atoms with Crippen molar-refractivity contribution >= 4 is 5.78 Å². The highest BCUT2D eigenvalue weighted by molar-refractivity contribution is 6.01. The molecule has 5 nitrogen and oxygen atoms in total. The lowest BCUT2D eigenvalue weighted by Gasteiger charge is -2.10. The molecule has 1 atom stereocenters. The van der Waals surface area contributed by atoms with Crippen LogP contribution in [0.25, 0.3) is 0 Å². The Morgan fingerprint density at radius 1 is 1.45 bits per heavy atom. The van der Waals surface area contributed by atoms with Crippen LogP contribution in [0.4, 0.5) is 0 Å². The van der Waals surface area contributed by atoms with E-state index < -0.39 is 5.92 Å². The number of nitriles is 1. The van der Waals surface area contributed by atoms with E-state index in [-0.39, 0.29) is 5.78 Å². The Morgan fingerprint density at radius 2 is 2.20 bits per heavy atom. The van der Waals surface area contributed by atoms with Gasteiger partial charge in [-0.1, -0.05) is 12.1 Å². The number of carbonyl (C=O) groups is 1. The maximum absolute atomic E-state index is 12.3. The molecule has 0 saturated carbocycles. The first-order valence-electron chi connectivity index (χ1n) is 6.15. The van der Waals surface area contributed by atoms with Crippen LogP contribution in [-0.2, 0) is 7.05 Å². The predicted molar refractivity (Wildman–Crippen MR) is 73.6 cm³/mol. The zero-order valence-electron chi connectivity index (χ0n) is 11.6. The van der Waals surface area contributed by atoms with Crippen LogP contribution in [0, 0.1) is 18.3 Å². The van der Waals surface area contributed by atoms with E-state index in [0.717, 1.165) is 5.56 Å². The first-order chi connectivity index (χ1) is 9.56. The van der Waals surface area contributed by atoms with Crippen LogP contribution in [0.3, 0.4) is 0 Å². The minimum absolute atomic E-state index is 0.290. The lowest BCUT2D eigenvalue weighted by atomic mass is 9.93. The van der Waals surface area contributed by atoms with Crippen molar-refractivity contribution in [3.05, 3.63) is 47.3 Å². The largest absolute Gasteiger partial charge is 0.496 e. The van der Waals surface area contributed by atoms with Gasteiger partial charge in [0, 0.05) is 13.2 Å². The molecule has 5 heteroatoms. The molecule has 1 unspecified atom stereocenters. The Morgan fingerprint density at radius 3 is 2.75 bits per heavy atom. The molecule has 102 valence electrons. The van der Waals surface area contributed by atoms with Crippen LogP contribution in [0.15, 0.2) is 30.5 Å². The summed E-state index contributed by atoms with van der Waals surface area (Å²) < 4.78 is 6.77. The standard InChI is InChI=1S/C15H15N3O2/c1-10-4-5-11(8-14(10)20-3)12(9-16)15(19)13-6-7-18(2)17-13/h4-8,12H,1-3H3. The molecule has 0 radical (unpaired) electrons. The highest BCUT2D eigenvalue weighted by Crippen LogP contribution is 2.26. The molecular weight excluding hydrogens is 254 g/mol. The predicted octanol–water partition coefficient (Wildman–Crippen LogP) is 2.23. The van der Waals surface area contributed by atoms with Crippen molar-refractivity contribution < 1.29 is 9.53 Å². The Balaban J connectivity index is 2.38. The van der Waals surface area contributed by atoms with Gasteiger partial charge in [-0.05, 0) is 30.2 Å². The van der Waals surface area contributed by atoms with Gasteiger partial charge in [0.2, 0.25) is 5.78 Å². The SMILES string of the molecule is COc1cc(C(C#N)C(=O)c2ccn(C)n2)ccc1C. The summed E-state index contributed by atoms with van der Waals surface area (Å²) in [5.41, 5.74) is 1.86. The molecule has 0 N–H and O–H groups in total. The van der Waals surface area contributed by atoms with Crippen LogP contribution in [-0.4, -0.2) is 22.7 Å². The Kier molecular flexibility index (Phi) is 3.85. The van der Waals surface area contributed by atoms with Gasteiger partial charge in [0.1, 0.15) is 17.4 Å². The van der Waals surface area contributed by atoms with Crippen LogP contribution in [0.5, 0.6) is 5.75 Å². The third-order valence-electron chi connectivity index (χ3n) is 3.12. The molecule has 0 aliphatic heterocycles. The lowest BCUT2D eigenvalue weighted by molar-refractivity contribution is 0.0973. The summed E-state index contributed by atoms with van der Waals surface area (Å²) in [5, 5.41) is 13.4. The van der Waals surface area contributed by atoms with Crippen molar-refractivity contribution in [3.8, 4) is 11.8 Å². The van der Waals surface area contributed by atoms with Gasteiger partial charge in [-0.15, -0.1) is 0 Å². The molecule has 0 amide bonds. The number of hydrogen-bond donors (Lipinski definition) is 0. The second-order valence-corrected chi connectivity index (χ2v) is 4.53. The fourth-order valence-electron chi connectivity index (χ4n) is 2.00. The third-order valence-corrected chi connectivity index (χ3v) is 3.12. The average Bonchev–Trinajstić information content (AvgIpc) is 2.88. The molecule has 0 aliphatic rings. The van der Waals surface area contributed by atoms with Crippen LogP contribution < -0.4 is 4.74 Å². The molecule has 0 aliphatic carbocycles. The van der Waals surface area contributed by atoms with Crippen LogP contribution >= 0.6 is 0 Å². The highest BCUT2D eigenvalue weighted by atomic mass is 16.5. The molecule has 2 aromatic rings. The minimum atomic E-state index is -0.876. The minimum Gasteiger partial charge on any atom is -0.496 e. The van der Waals surface area contributed by atoms with Gasteiger partial charge in [-0.3, -0.25) is 9.48 Å². The lowest BCUT2D eigenvalue weighted by Crippen LogP contribution is -2.12. The number of hydrogen-bond acceptors (Lipinski definition) is 4. The maximum Gasteiger partial charge on any atom is 0.204 e. The summed E-state index contributed by atoms with van der Waals surface area (Å²) in [6.07, 6.45) is 1.68. The first kappa shape index (κ1) is 13.8. The number of ketones is 1. The van der Waals surface area contributed by atoms with E-state index in [1.54, 1.807) is 38.6 Å². The van der Waals surface area contributed by atoms with Gasteiger partial charge < -0.3 is 4.74 Å². The van der Waals surface area contributed by atoms with Crippen molar-refractivity contribution in [2.75, 3.05) is 7.11 Å². The zero-order valence-corrected chi connectivity index (χ0v) is 11.6. The molecule has 20 heavy (non-hydrogen) atoms. The fourth-order valence-corrected chi connectivity index (χ4v) is 2.00. The maximum atomic E-state index is 12.3. The molecule has 0 fully saturated rings. The van der Waals surface area contributed by atoms with E-state index in [4.69, 9.17) is 4.74 Å². The van der Waals surface area contributed by atoms with E-state index in [2.05, 4.69) is 5.10 Å². The first-order valence-corrected chi connectivity index (χ1v) is 6.15. The zero-order chi connectivity index (χ0) is 14.7. The Hall–Kier alpha value is -2.61. The molecule has 0 spiro atoms. The van der Waals surface area contributed by atoms with Crippen molar-refractivity contribution in [1.29, 1.82) is 5.26 Å². The van der Waals surface area contributed by atoms with Crippen molar-refractivity contribution in [1.82, 2.24) is 9.78 Å². The number of nitrogens with zero attached hydrogens (tertiary/aromatic N) is 3. The monoisotopic (exact) mass is 269 g/mol. The number of Topliss-reactive ketones (excluding diaryl/α,β-unsaturated/α-hetero) is 1. The van der Waals surface area contributed by atoms with E-state index >= 15 is 0 Å². The molecule has 1 aromatic carbocycles. The second kappa shape index (κ2) is 5.57. The van der Waals surface area contributed by atoms with E-state index in [9.17, 15) is 10.1 Å². The smallest absolute Gasteiger partial charge is 0.204 e. The van der Waals surface area contributed by atoms with Crippen molar-refractivity contribution in [3.63, 3.8) is 0 Å². The summed E-state index contributed by atoms with van der Waals surface area (Å²) in [6.45, 7) is 1.91.